The largest absolute Gasteiger partial charge is 0.273 e. The molecule has 1 amide bonds. The molecule has 0 aliphatic rings. The fourth-order valence-corrected chi connectivity index (χ4v) is 3.96. The summed E-state index contributed by atoms with van der Waals surface area (Å²) in [5.74, 6) is -0.368. The van der Waals surface area contributed by atoms with Crippen LogP contribution in [0, 0.1) is 13.8 Å². The van der Waals surface area contributed by atoms with Gasteiger partial charge in [-0.05, 0) is 55.3 Å². The minimum Gasteiger partial charge on any atom is -0.273 e. The molecule has 2 N–H and O–H groups in total. The Labute approximate surface area is 149 Å². The summed E-state index contributed by atoms with van der Waals surface area (Å²) in [6, 6.07) is 9.85. The second-order valence-electron chi connectivity index (χ2n) is 5.82. The van der Waals surface area contributed by atoms with Crippen LogP contribution >= 0.6 is 11.3 Å². The molecule has 6 nitrogen and oxygen atoms in total. The van der Waals surface area contributed by atoms with Gasteiger partial charge in [0.05, 0.1) is 15.1 Å². The van der Waals surface area contributed by atoms with Crippen LogP contribution in [0.15, 0.2) is 41.3 Å². The van der Waals surface area contributed by atoms with E-state index in [2.05, 4.69) is 21.9 Å². The molecular formula is C17H17N3O3S2. The van der Waals surface area contributed by atoms with Gasteiger partial charge in [0.25, 0.3) is 5.91 Å². The van der Waals surface area contributed by atoms with Crippen LogP contribution in [-0.4, -0.2) is 25.6 Å². The van der Waals surface area contributed by atoms with Crippen LogP contribution in [0.1, 0.15) is 21.5 Å². The minimum atomic E-state index is -3.28. The van der Waals surface area contributed by atoms with Crippen molar-refractivity contribution in [2.45, 2.75) is 18.7 Å². The maximum atomic E-state index is 12.2. The Morgan fingerprint density at radius 3 is 2.44 bits per heavy atom. The highest BCUT2D eigenvalue weighted by Gasteiger charge is 2.11. The van der Waals surface area contributed by atoms with Crippen molar-refractivity contribution < 1.29 is 13.2 Å². The lowest BCUT2D eigenvalue weighted by Crippen LogP contribution is -2.29. The van der Waals surface area contributed by atoms with E-state index < -0.39 is 9.84 Å². The van der Waals surface area contributed by atoms with Crippen molar-refractivity contribution in [1.29, 1.82) is 0 Å². The average molecular weight is 375 g/mol. The van der Waals surface area contributed by atoms with Crippen molar-refractivity contribution in [3.05, 3.63) is 53.1 Å². The Morgan fingerprint density at radius 1 is 1.12 bits per heavy atom. The summed E-state index contributed by atoms with van der Waals surface area (Å²) in [6.45, 7) is 4.04. The lowest BCUT2D eigenvalue weighted by Gasteiger charge is -2.06. The zero-order valence-corrected chi connectivity index (χ0v) is 15.6. The highest BCUT2D eigenvalue weighted by Crippen LogP contribution is 2.29. The number of thiazole rings is 1. The molecule has 0 atom stereocenters. The maximum absolute atomic E-state index is 12.2. The summed E-state index contributed by atoms with van der Waals surface area (Å²) < 4.78 is 24.0. The first kappa shape index (κ1) is 17.4. The fraction of sp³-hybridized carbons (Fsp3) is 0.176. The number of nitrogens with one attached hydrogen (secondary N) is 2. The molecule has 0 saturated carbocycles. The molecule has 0 spiro atoms. The Balaban J connectivity index is 1.73. The number of nitrogens with zero attached hydrogens (tertiary/aromatic N) is 1. The van der Waals surface area contributed by atoms with Crippen molar-refractivity contribution >= 4 is 42.4 Å². The van der Waals surface area contributed by atoms with Crippen molar-refractivity contribution in [1.82, 2.24) is 10.4 Å². The van der Waals surface area contributed by atoms with E-state index in [1.165, 1.54) is 35.6 Å². The number of rotatable bonds is 4. The van der Waals surface area contributed by atoms with Crippen LogP contribution in [0.2, 0.25) is 0 Å². The van der Waals surface area contributed by atoms with Gasteiger partial charge in [-0.3, -0.25) is 15.6 Å². The minimum absolute atomic E-state index is 0.175. The molecule has 25 heavy (non-hydrogen) atoms. The number of carbonyl (C=O) groups is 1. The monoisotopic (exact) mass is 375 g/mol. The number of amides is 1. The number of hydrogen-bond donors (Lipinski definition) is 2. The summed E-state index contributed by atoms with van der Waals surface area (Å²) >= 11 is 1.46. The van der Waals surface area contributed by atoms with Gasteiger partial charge in [0.1, 0.15) is 0 Å². The van der Waals surface area contributed by atoms with E-state index in [-0.39, 0.29) is 10.8 Å². The average Bonchev–Trinajstić information content (AvgIpc) is 2.95. The summed E-state index contributed by atoms with van der Waals surface area (Å²) in [5.41, 5.74) is 8.91. The first-order chi connectivity index (χ1) is 11.7. The van der Waals surface area contributed by atoms with E-state index in [9.17, 15) is 13.2 Å². The molecule has 3 rings (SSSR count). The number of anilines is 1. The number of hydrogen-bond acceptors (Lipinski definition) is 6. The number of benzene rings is 2. The van der Waals surface area contributed by atoms with Gasteiger partial charge in [0, 0.05) is 11.8 Å². The van der Waals surface area contributed by atoms with E-state index in [1.54, 1.807) is 0 Å². The molecule has 3 aromatic rings. The van der Waals surface area contributed by atoms with Crippen molar-refractivity contribution in [2.24, 2.45) is 0 Å². The SMILES string of the molecule is Cc1cc(C)c2sc(NNC(=O)c3ccc(S(C)(=O)=O)cc3)nc2c1. The molecule has 8 heteroatoms. The van der Waals surface area contributed by atoms with Crippen molar-refractivity contribution in [2.75, 3.05) is 11.7 Å². The van der Waals surface area contributed by atoms with Crippen molar-refractivity contribution in [3.8, 4) is 0 Å². The Morgan fingerprint density at radius 2 is 1.80 bits per heavy atom. The number of carbonyl (C=O) groups excluding carboxylic acids is 1. The van der Waals surface area contributed by atoms with Gasteiger partial charge in [0.15, 0.2) is 9.84 Å². The van der Waals surface area contributed by atoms with Gasteiger partial charge in [-0.25, -0.2) is 13.4 Å². The molecule has 0 aliphatic carbocycles. The van der Waals surface area contributed by atoms with Gasteiger partial charge in [0.2, 0.25) is 5.13 Å². The molecular weight excluding hydrogens is 358 g/mol. The van der Waals surface area contributed by atoms with Gasteiger partial charge >= 0.3 is 0 Å². The van der Waals surface area contributed by atoms with E-state index >= 15 is 0 Å². The van der Waals surface area contributed by atoms with Gasteiger partial charge in [-0.2, -0.15) is 0 Å². The third kappa shape index (κ3) is 3.80. The normalized spacial score (nSPS) is 11.5. The molecule has 1 heterocycles. The lowest BCUT2D eigenvalue weighted by molar-refractivity contribution is 0.0962. The third-order valence-electron chi connectivity index (χ3n) is 3.65. The number of fused-ring (bicyclic) bond motifs is 1. The summed E-state index contributed by atoms with van der Waals surface area (Å²) in [7, 11) is -3.28. The van der Waals surface area contributed by atoms with Crippen LogP contribution in [0.4, 0.5) is 5.13 Å². The maximum Gasteiger partial charge on any atom is 0.269 e. The first-order valence-electron chi connectivity index (χ1n) is 7.48. The van der Waals surface area contributed by atoms with Crippen LogP contribution in [-0.2, 0) is 9.84 Å². The number of sulfone groups is 1. The number of aryl methyl sites for hydroxylation is 2. The van der Waals surface area contributed by atoms with E-state index in [1.807, 2.05) is 19.9 Å². The molecule has 0 aliphatic heterocycles. The van der Waals surface area contributed by atoms with Crippen LogP contribution in [0.25, 0.3) is 10.2 Å². The highest BCUT2D eigenvalue weighted by molar-refractivity contribution is 7.90. The summed E-state index contributed by atoms with van der Waals surface area (Å²) in [5, 5.41) is 0.588. The molecule has 0 unspecified atom stereocenters. The first-order valence-corrected chi connectivity index (χ1v) is 10.2. The zero-order valence-electron chi connectivity index (χ0n) is 14.0. The van der Waals surface area contributed by atoms with Crippen LogP contribution < -0.4 is 10.9 Å². The van der Waals surface area contributed by atoms with Crippen LogP contribution in [0.3, 0.4) is 0 Å². The quantitative estimate of drug-likeness (QED) is 0.684. The third-order valence-corrected chi connectivity index (χ3v) is 5.90. The number of hydrazine groups is 1. The van der Waals surface area contributed by atoms with Gasteiger partial charge in [-0.1, -0.05) is 17.4 Å². The zero-order chi connectivity index (χ0) is 18.2. The topological polar surface area (TPSA) is 88.2 Å². The van der Waals surface area contributed by atoms with Crippen LogP contribution in [0.5, 0.6) is 0 Å². The Kier molecular flexibility index (Phi) is 4.49. The van der Waals surface area contributed by atoms with E-state index in [0.29, 0.717) is 10.7 Å². The molecule has 1 aromatic heterocycles. The van der Waals surface area contributed by atoms with Gasteiger partial charge < -0.3 is 0 Å². The standard InChI is InChI=1S/C17H17N3O3S2/c1-10-8-11(2)15-14(9-10)18-17(24-15)20-19-16(21)12-4-6-13(7-5-12)25(3,22)23/h4-9H,1-3H3,(H,18,20)(H,19,21). The lowest BCUT2D eigenvalue weighted by atomic mass is 10.1. The Bertz CT molecular complexity index is 1050. The van der Waals surface area contributed by atoms with Crippen molar-refractivity contribution in [3.63, 3.8) is 0 Å². The molecule has 0 bridgehead atoms. The molecule has 0 fully saturated rings. The predicted octanol–water partition coefficient (Wildman–Crippen LogP) is 3.07. The second-order valence-corrected chi connectivity index (χ2v) is 8.84. The summed E-state index contributed by atoms with van der Waals surface area (Å²) in [4.78, 5) is 16.8. The predicted molar refractivity (Wildman–Crippen MR) is 99.7 cm³/mol. The molecule has 0 radical (unpaired) electrons. The smallest absolute Gasteiger partial charge is 0.269 e. The fourth-order valence-electron chi connectivity index (χ4n) is 2.47. The van der Waals surface area contributed by atoms with E-state index in [0.717, 1.165) is 27.6 Å². The Hall–Kier alpha value is -2.45. The summed E-state index contributed by atoms with van der Waals surface area (Å²) in [6.07, 6.45) is 1.13. The van der Waals surface area contributed by atoms with E-state index in [4.69, 9.17) is 0 Å². The second kappa shape index (κ2) is 6.45. The number of aromatic nitrogens is 1. The molecule has 130 valence electrons. The molecule has 0 saturated heterocycles. The highest BCUT2D eigenvalue weighted by atomic mass is 32.2. The molecule has 2 aromatic carbocycles. The van der Waals surface area contributed by atoms with Gasteiger partial charge in [-0.15, -0.1) is 0 Å².